The van der Waals surface area contributed by atoms with Crippen LogP contribution in [0, 0.1) is 0 Å². The Hall–Kier alpha value is -1.96. The van der Waals surface area contributed by atoms with Crippen LogP contribution in [-0.2, 0) is 10.0 Å². The molecule has 0 aliphatic rings. The smallest absolute Gasteiger partial charge is 0.263 e. The van der Waals surface area contributed by atoms with Gasteiger partial charge in [0, 0.05) is 11.3 Å². The van der Waals surface area contributed by atoms with E-state index in [-0.39, 0.29) is 31.9 Å². The lowest BCUT2D eigenvalue weighted by molar-refractivity contribution is 0.100. The van der Waals surface area contributed by atoms with Gasteiger partial charge in [-0.1, -0.05) is 29.3 Å². The number of benzene rings is 2. The molecule has 0 bridgehead atoms. The normalized spacial score (nSPS) is 11.1. The third kappa shape index (κ3) is 3.69. The van der Waals surface area contributed by atoms with Crippen LogP contribution in [0.1, 0.15) is 10.4 Å². The molecule has 0 aliphatic heterocycles. The molecule has 9 heteroatoms. The Morgan fingerprint density at radius 2 is 1.87 bits per heavy atom. The molecule has 2 rings (SSSR count). The summed E-state index contributed by atoms with van der Waals surface area (Å²) in [5, 5.41) is -0.174. The number of anilines is 1. The zero-order chi connectivity index (χ0) is 17.2. The summed E-state index contributed by atoms with van der Waals surface area (Å²) in [7, 11) is -2.62. The molecule has 2 aromatic rings. The number of carbonyl (C=O) groups is 1. The highest BCUT2D eigenvalue weighted by molar-refractivity contribution is 7.92. The molecule has 0 heterocycles. The standard InChI is InChI=1S/C14H12Cl2N2O4S/c1-22-10-5-6-11(13(16)12(10)15)23(20,21)18-9-4-2-3-8(7-9)14(17)19/h2-7,18H,1H3,(H2,17,19). The molecule has 3 N–H and O–H groups in total. The van der Waals surface area contributed by atoms with Crippen LogP contribution in [0.3, 0.4) is 0 Å². The van der Waals surface area contributed by atoms with Crippen molar-refractivity contribution in [3.63, 3.8) is 0 Å². The molecule has 0 atom stereocenters. The highest BCUT2D eigenvalue weighted by atomic mass is 35.5. The van der Waals surface area contributed by atoms with Crippen molar-refractivity contribution in [1.29, 1.82) is 0 Å². The molecule has 0 spiro atoms. The molecule has 0 aromatic heterocycles. The molecule has 23 heavy (non-hydrogen) atoms. The Bertz CT molecular complexity index is 869. The minimum Gasteiger partial charge on any atom is -0.495 e. The van der Waals surface area contributed by atoms with Gasteiger partial charge in [-0.3, -0.25) is 9.52 Å². The molecule has 0 fully saturated rings. The van der Waals surface area contributed by atoms with Crippen molar-refractivity contribution in [3.05, 3.63) is 52.0 Å². The van der Waals surface area contributed by atoms with Crippen LogP contribution in [0.2, 0.25) is 10.0 Å². The molecule has 1 amide bonds. The van der Waals surface area contributed by atoms with Crippen molar-refractivity contribution < 1.29 is 17.9 Å². The van der Waals surface area contributed by atoms with E-state index in [0.29, 0.717) is 0 Å². The first-order valence-corrected chi connectivity index (χ1v) is 8.45. The van der Waals surface area contributed by atoms with Crippen molar-refractivity contribution >= 4 is 44.8 Å². The van der Waals surface area contributed by atoms with Gasteiger partial charge in [0.15, 0.2) is 0 Å². The lowest BCUT2D eigenvalue weighted by Crippen LogP contribution is -2.15. The number of halogens is 2. The van der Waals surface area contributed by atoms with Crippen molar-refractivity contribution in [2.45, 2.75) is 4.90 Å². The fraction of sp³-hybridized carbons (Fsp3) is 0.0714. The first-order chi connectivity index (χ1) is 10.8. The highest BCUT2D eigenvalue weighted by Crippen LogP contribution is 2.37. The summed E-state index contributed by atoms with van der Waals surface area (Å²) >= 11 is 12.0. The summed E-state index contributed by atoms with van der Waals surface area (Å²) < 4.78 is 32.2. The zero-order valence-electron chi connectivity index (χ0n) is 11.8. The molecule has 0 aliphatic carbocycles. The minimum atomic E-state index is -4.01. The number of carbonyl (C=O) groups excluding carboxylic acids is 1. The molecular formula is C14H12Cl2N2O4S. The second-order valence-electron chi connectivity index (χ2n) is 4.44. The summed E-state index contributed by atoms with van der Waals surface area (Å²) in [6.45, 7) is 0. The Balaban J connectivity index is 2.42. The SMILES string of the molecule is COc1ccc(S(=O)(=O)Nc2cccc(C(N)=O)c2)c(Cl)c1Cl. The van der Waals surface area contributed by atoms with E-state index in [0.717, 1.165) is 0 Å². The maximum atomic E-state index is 12.4. The number of primary amides is 1. The Morgan fingerprint density at radius 1 is 1.17 bits per heavy atom. The van der Waals surface area contributed by atoms with E-state index < -0.39 is 15.9 Å². The van der Waals surface area contributed by atoms with Gasteiger partial charge >= 0.3 is 0 Å². The summed E-state index contributed by atoms with van der Waals surface area (Å²) in [4.78, 5) is 10.9. The maximum absolute atomic E-state index is 12.4. The first-order valence-electron chi connectivity index (χ1n) is 6.21. The first kappa shape index (κ1) is 17.4. The largest absolute Gasteiger partial charge is 0.495 e. The van der Waals surface area contributed by atoms with E-state index in [9.17, 15) is 13.2 Å². The quantitative estimate of drug-likeness (QED) is 0.840. The number of nitrogens with two attached hydrogens (primary N) is 1. The Labute approximate surface area is 143 Å². The summed E-state index contributed by atoms with van der Waals surface area (Å²) in [5.74, 6) is -0.414. The fourth-order valence-electron chi connectivity index (χ4n) is 1.83. The second kappa shape index (κ2) is 6.66. The summed E-state index contributed by atoms with van der Waals surface area (Å²) in [6.07, 6.45) is 0. The molecule has 122 valence electrons. The highest BCUT2D eigenvalue weighted by Gasteiger charge is 2.22. The van der Waals surface area contributed by atoms with E-state index in [2.05, 4.69) is 4.72 Å². The van der Waals surface area contributed by atoms with Crippen molar-refractivity contribution in [2.24, 2.45) is 5.73 Å². The molecule has 0 saturated heterocycles. The van der Waals surface area contributed by atoms with Gasteiger partial charge in [0.2, 0.25) is 5.91 Å². The number of sulfonamides is 1. The lowest BCUT2D eigenvalue weighted by atomic mass is 10.2. The van der Waals surface area contributed by atoms with E-state index in [1.54, 1.807) is 0 Å². The Morgan fingerprint density at radius 3 is 2.48 bits per heavy atom. The molecule has 0 radical (unpaired) electrons. The van der Waals surface area contributed by atoms with E-state index in [1.807, 2.05) is 0 Å². The van der Waals surface area contributed by atoms with E-state index in [1.165, 1.54) is 43.5 Å². The van der Waals surface area contributed by atoms with Crippen molar-refractivity contribution in [1.82, 2.24) is 0 Å². The van der Waals surface area contributed by atoms with Crippen LogP contribution in [0.25, 0.3) is 0 Å². The van der Waals surface area contributed by atoms with Crippen LogP contribution < -0.4 is 15.2 Å². The minimum absolute atomic E-state index is 0.0112. The number of ether oxygens (including phenoxy) is 1. The molecule has 6 nitrogen and oxygen atoms in total. The van der Waals surface area contributed by atoms with Crippen LogP contribution in [-0.4, -0.2) is 21.4 Å². The van der Waals surface area contributed by atoms with Gasteiger partial charge in [0.05, 0.1) is 12.1 Å². The molecule has 0 unspecified atom stereocenters. The zero-order valence-corrected chi connectivity index (χ0v) is 14.2. The Kier molecular flexibility index (Phi) is 5.03. The van der Waals surface area contributed by atoms with Crippen LogP contribution >= 0.6 is 23.2 Å². The number of hydrogen-bond acceptors (Lipinski definition) is 4. The third-order valence-corrected chi connectivity index (χ3v) is 5.32. The third-order valence-electron chi connectivity index (χ3n) is 2.92. The average molecular weight is 375 g/mol. The van der Waals surface area contributed by atoms with E-state index in [4.69, 9.17) is 33.7 Å². The molecular weight excluding hydrogens is 363 g/mol. The van der Waals surface area contributed by atoms with Gasteiger partial charge in [0.25, 0.3) is 10.0 Å². The lowest BCUT2D eigenvalue weighted by Gasteiger charge is -2.12. The predicted molar refractivity (Wildman–Crippen MR) is 88.8 cm³/mol. The number of hydrogen-bond donors (Lipinski definition) is 2. The number of rotatable bonds is 5. The average Bonchev–Trinajstić information content (AvgIpc) is 2.49. The van der Waals surface area contributed by atoms with Gasteiger partial charge in [-0.25, -0.2) is 8.42 Å². The van der Waals surface area contributed by atoms with E-state index >= 15 is 0 Å². The van der Waals surface area contributed by atoms with Crippen LogP contribution in [0.15, 0.2) is 41.3 Å². The van der Waals surface area contributed by atoms with Crippen LogP contribution in [0.5, 0.6) is 5.75 Å². The van der Waals surface area contributed by atoms with Gasteiger partial charge in [0.1, 0.15) is 15.7 Å². The number of methoxy groups -OCH3 is 1. The van der Waals surface area contributed by atoms with Crippen molar-refractivity contribution in [3.8, 4) is 5.75 Å². The van der Waals surface area contributed by atoms with Crippen LogP contribution in [0.4, 0.5) is 5.69 Å². The van der Waals surface area contributed by atoms with Crippen molar-refractivity contribution in [2.75, 3.05) is 11.8 Å². The predicted octanol–water partition coefficient (Wildman–Crippen LogP) is 2.90. The van der Waals surface area contributed by atoms with Gasteiger partial charge in [-0.2, -0.15) is 0 Å². The number of nitrogens with one attached hydrogen (secondary N) is 1. The van der Waals surface area contributed by atoms with Gasteiger partial charge in [-0.05, 0) is 30.3 Å². The fourth-order valence-corrected chi connectivity index (χ4v) is 3.72. The molecule has 2 aromatic carbocycles. The van der Waals surface area contributed by atoms with Gasteiger partial charge in [-0.15, -0.1) is 0 Å². The maximum Gasteiger partial charge on any atom is 0.263 e. The van der Waals surface area contributed by atoms with Gasteiger partial charge < -0.3 is 10.5 Å². The number of amides is 1. The molecule has 0 saturated carbocycles. The summed E-state index contributed by atoms with van der Waals surface area (Å²) in [6, 6.07) is 8.43. The monoisotopic (exact) mass is 374 g/mol. The second-order valence-corrected chi connectivity index (χ2v) is 6.85. The topological polar surface area (TPSA) is 98.5 Å². The summed E-state index contributed by atoms with van der Waals surface area (Å²) in [5.41, 5.74) is 5.51.